The molecule has 0 bridgehead atoms. The fraction of sp³-hybridized carbons (Fsp3) is 0.278. The van der Waals surface area contributed by atoms with Crippen molar-refractivity contribution in [2.75, 3.05) is 5.32 Å². The van der Waals surface area contributed by atoms with E-state index in [1.165, 1.54) is 0 Å². The molecule has 0 unspecified atom stereocenters. The molecule has 1 N–H and O–H groups in total. The van der Waals surface area contributed by atoms with E-state index in [1.54, 1.807) is 0 Å². The lowest BCUT2D eigenvalue weighted by molar-refractivity contribution is -0.137. The summed E-state index contributed by atoms with van der Waals surface area (Å²) >= 11 is 0. The maximum absolute atomic E-state index is 13.1. The van der Waals surface area contributed by atoms with E-state index in [0.717, 1.165) is 35.3 Å². The van der Waals surface area contributed by atoms with Gasteiger partial charge in [0.1, 0.15) is 12.6 Å². The van der Waals surface area contributed by atoms with Crippen molar-refractivity contribution in [3.8, 4) is 5.88 Å². The number of ether oxygens (including phenoxy) is 1. The Morgan fingerprint density at radius 2 is 1.90 bits per heavy atom. The van der Waals surface area contributed by atoms with Gasteiger partial charge in [-0.05, 0) is 31.0 Å². The van der Waals surface area contributed by atoms with Crippen LogP contribution in [0.1, 0.15) is 18.4 Å². The molecule has 3 aromatic rings. The number of carbonyl (C=O) groups is 1. The van der Waals surface area contributed by atoms with E-state index >= 15 is 0 Å². The summed E-state index contributed by atoms with van der Waals surface area (Å²) in [5.74, 6) is -1.77. The summed E-state index contributed by atoms with van der Waals surface area (Å²) in [5.41, 5.74) is -1.71. The average Bonchev–Trinajstić information content (AvgIpc) is 3.50. The molecule has 156 valence electrons. The van der Waals surface area contributed by atoms with Gasteiger partial charge in [0.05, 0.1) is 28.7 Å². The van der Waals surface area contributed by atoms with Gasteiger partial charge in [0.15, 0.2) is 5.82 Å². The molecule has 30 heavy (non-hydrogen) atoms. The quantitative estimate of drug-likeness (QED) is 0.634. The molecule has 0 radical (unpaired) electrons. The predicted molar refractivity (Wildman–Crippen MR) is 95.3 cm³/mol. The number of aromatic nitrogens is 4. The third-order valence-corrected chi connectivity index (χ3v) is 4.22. The molecular formula is C18H13F4N5O3. The molecule has 8 nitrogen and oxygen atoms in total. The van der Waals surface area contributed by atoms with Crippen LogP contribution >= 0.6 is 0 Å². The van der Waals surface area contributed by atoms with E-state index in [9.17, 15) is 27.2 Å². The van der Waals surface area contributed by atoms with E-state index in [0.29, 0.717) is 12.8 Å². The van der Waals surface area contributed by atoms with Crippen LogP contribution < -0.4 is 15.6 Å². The third-order valence-electron chi connectivity index (χ3n) is 4.22. The number of nitrogens with zero attached hydrogens (tertiary/aromatic N) is 4. The molecule has 1 aliphatic rings. The highest BCUT2D eigenvalue weighted by atomic mass is 19.4. The zero-order valence-corrected chi connectivity index (χ0v) is 15.1. The molecule has 1 saturated carbocycles. The van der Waals surface area contributed by atoms with Gasteiger partial charge in [-0.25, -0.2) is 19.0 Å². The topological polar surface area (TPSA) is 99.0 Å². The lowest BCUT2D eigenvalue weighted by Crippen LogP contribution is -2.30. The Hall–Kier alpha value is -3.57. The maximum atomic E-state index is 13.1. The predicted octanol–water partition coefficient (Wildman–Crippen LogP) is 2.52. The zero-order chi connectivity index (χ0) is 21.5. The lowest BCUT2D eigenvalue weighted by atomic mass is 10.1. The molecule has 1 aliphatic carbocycles. The molecule has 0 atom stereocenters. The number of hydrogen-bond acceptors (Lipinski definition) is 6. The summed E-state index contributed by atoms with van der Waals surface area (Å²) in [6, 6.07) is 2.61. The minimum absolute atomic E-state index is 0.0699. The second kappa shape index (κ2) is 7.35. The number of fused-ring (bicyclic) bond motifs is 1. The SMILES string of the molecule is O=C(Cn1nc(OC2CC2)c2cc(C(F)(F)F)ccc2c1=O)Nc1ncc(F)cn1. The van der Waals surface area contributed by atoms with E-state index in [4.69, 9.17) is 4.74 Å². The summed E-state index contributed by atoms with van der Waals surface area (Å²) in [7, 11) is 0. The van der Waals surface area contributed by atoms with Crippen LogP contribution in [0.15, 0.2) is 35.4 Å². The van der Waals surface area contributed by atoms with E-state index < -0.39 is 35.6 Å². The Kier molecular flexibility index (Phi) is 4.84. The van der Waals surface area contributed by atoms with Gasteiger partial charge in [0.25, 0.3) is 5.56 Å². The number of benzene rings is 1. The largest absolute Gasteiger partial charge is 0.473 e. The van der Waals surface area contributed by atoms with Gasteiger partial charge in [-0.3, -0.25) is 14.9 Å². The summed E-state index contributed by atoms with van der Waals surface area (Å²) in [6.07, 6.45) is -1.68. The van der Waals surface area contributed by atoms with Crippen LogP contribution in [0.25, 0.3) is 10.8 Å². The number of alkyl halides is 3. The van der Waals surface area contributed by atoms with Gasteiger partial charge in [0, 0.05) is 0 Å². The number of carbonyl (C=O) groups excluding carboxylic acids is 1. The first kappa shape index (κ1) is 19.7. The molecular weight excluding hydrogens is 410 g/mol. The number of nitrogens with one attached hydrogen (secondary N) is 1. The van der Waals surface area contributed by atoms with Gasteiger partial charge in [-0.1, -0.05) is 0 Å². The van der Waals surface area contributed by atoms with Gasteiger partial charge >= 0.3 is 6.18 Å². The number of rotatable bonds is 5. The van der Waals surface area contributed by atoms with Crippen LogP contribution in [0.5, 0.6) is 5.88 Å². The van der Waals surface area contributed by atoms with Crippen LogP contribution in [0, 0.1) is 5.82 Å². The third kappa shape index (κ3) is 4.21. The fourth-order valence-electron chi connectivity index (χ4n) is 2.65. The highest BCUT2D eigenvalue weighted by Gasteiger charge is 2.32. The molecule has 4 rings (SSSR count). The van der Waals surface area contributed by atoms with Crippen molar-refractivity contribution in [2.24, 2.45) is 0 Å². The Morgan fingerprint density at radius 3 is 2.53 bits per heavy atom. The van der Waals surface area contributed by atoms with E-state index in [1.807, 2.05) is 0 Å². The van der Waals surface area contributed by atoms with E-state index in [-0.39, 0.29) is 28.7 Å². The molecule has 0 aliphatic heterocycles. The van der Waals surface area contributed by atoms with Crippen molar-refractivity contribution in [2.45, 2.75) is 31.7 Å². The lowest BCUT2D eigenvalue weighted by Gasteiger charge is -2.13. The monoisotopic (exact) mass is 423 g/mol. The van der Waals surface area contributed by atoms with Gasteiger partial charge in [-0.2, -0.15) is 13.2 Å². The fourth-order valence-corrected chi connectivity index (χ4v) is 2.65. The van der Waals surface area contributed by atoms with Gasteiger partial charge in [-0.15, -0.1) is 5.10 Å². The van der Waals surface area contributed by atoms with Crippen molar-refractivity contribution in [3.05, 3.63) is 52.3 Å². The molecule has 2 heterocycles. The molecule has 0 spiro atoms. The molecule has 0 saturated heterocycles. The minimum Gasteiger partial charge on any atom is -0.473 e. The highest BCUT2D eigenvalue weighted by Crippen LogP contribution is 2.34. The van der Waals surface area contributed by atoms with Crippen molar-refractivity contribution < 1.29 is 27.1 Å². The van der Waals surface area contributed by atoms with Crippen LogP contribution in [0.4, 0.5) is 23.5 Å². The summed E-state index contributed by atoms with van der Waals surface area (Å²) < 4.78 is 58.4. The molecule has 1 aromatic carbocycles. The zero-order valence-electron chi connectivity index (χ0n) is 15.1. The summed E-state index contributed by atoms with van der Waals surface area (Å²) in [6.45, 7) is -0.572. The maximum Gasteiger partial charge on any atom is 0.416 e. The van der Waals surface area contributed by atoms with Crippen molar-refractivity contribution >= 4 is 22.6 Å². The van der Waals surface area contributed by atoms with Crippen LogP contribution in [0.2, 0.25) is 0 Å². The number of amides is 1. The second-order valence-corrected chi connectivity index (χ2v) is 6.62. The smallest absolute Gasteiger partial charge is 0.416 e. The normalized spacial score (nSPS) is 14.0. The minimum atomic E-state index is -4.60. The van der Waals surface area contributed by atoms with Crippen LogP contribution in [0.3, 0.4) is 0 Å². The first-order valence-electron chi connectivity index (χ1n) is 8.77. The Bertz CT molecular complexity index is 1170. The van der Waals surface area contributed by atoms with Crippen molar-refractivity contribution in [1.82, 2.24) is 19.7 Å². The number of hydrogen-bond donors (Lipinski definition) is 1. The van der Waals surface area contributed by atoms with Gasteiger partial charge in [0.2, 0.25) is 17.7 Å². The second-order valence-electron chi connectivity index (χ2n) is 6.62. The van der Waals surface area contributed by atoms with Gasteiger partial charge < -0.3 is 4.74 Å². The molecule has 2 aromatic heterocycles. The highest BCUT2D eigenvalue weighted by molar-refractivity contribution is 5.90. The molecule has 12 heteroatoms. The number of halogens is 4. The first-order valence-corrected chi connectivity index (χ1v) is 8.77. The van der Waals surface area contributed by atoms with Crippen LogP contribution in [-0.4, -0.2) is 31.8 Å². The van der Waals surface area contributed by atoms with Crippen molar-refractivity contribution in [3.63, 3.8) is 0 Å². The number of anilines is 1. The Balaban J connectivity index is 1.69. The Morgan fingerprint density at radius 1 is 1.20 bits per heavy atom. The standard InChI is InChI=1S/C18H13F4N5O3/c19-10-6-23-17(24-7-10)25-14(28)8-27-16(29)12-4-1-9(18(20,21)22)5-13(12)15(26-27)30-11-2-3-11/h1,4-7,11H,2-3,8H2,(H,23,24,25,28). The molecule has 1 fully saturated rings. The average molecular weight is 423 g/mol. The van der Waals surface area contributed by atoms with Crippen LogP contribution in [-0.2, 0) is 17.5 Å². The summed E-state index contributed by atoms with van der Waals surface area (Å²) in [4.78, 5) is 32.0. The first-order chi connectivity index (χ1) is 14.2. The van der Waals surface area contributed by atoms with Crippen molar-refractivity contribution in [1.29, 1.82) is 0 Å². The van der Waals surface area contributed by atoms with E-state index in [2.05, 4.69) is 20.4 Å². The summed E-state index contributed by atoms with van der Waals surface area (Å²) in [5, 5.41) is 6.08. The Labute approximate surface area is 165 Å². The molecule has 1 amide bonds.